The monoisotopic (exact) mass is 396 g/mol. The van der Waals surface area contributed by atoms with Crippen molar-refractivity contribution in [3.63, 3.8) is 0 Å². The highest BCUT2D eigenvalue weighted by molar-refractivity contribution is 7.18. The van der Waals surface area contributed by atoms with Crippen molar-refractivity contribution in [2.75, 3.05) is 5.32 Å². The Labute approximate surface area is 167 Å². The molecule has 1 aliphatic rings. The summed E-state index contributed by atoms with van der Waals surface area (Å²) in [6.07, 6.45) is 3.89. The van der Waals surface area contributed by atoms with E-state index in [4.69, 9.17) is 0 Å². The second-order valence-electron chi connectivity index (χ2n) is 7.59. The first-order valence-corrected chi connectivity index (χ1v) is 10.6. The second kappa shape index (κ2) is 7.47. The summed E-state index contributed by atoms with van der Waals surface area (Å²) in [6.45, 7) is 6.00. The fourth-order valence-corrected chi connectivity index (χ4v) is 5.02. The lowest BCUT2D eigenvalue weighted by Crippen LogP contribution is -2.34. The standard InChI is InChI=1S/C21H24N4O2S/c1-4-14-6-8-15(9-7-14)22-19(26)13(3)25-21(27)18-16-10-5-12(2)11-17(16)28-20(18)23-24-25/h6-9,12-13H,4-5,10-11H2,1-3H3,(H,22,26). The topological polar surface area (TPSA) is 76.9 Å². The molecule has 0 spiro atoms. The highest BCUT2D eigenvalue weighted by atomic mass is 32.1. The van der Waals surface area contributed by atoms with Crippen LogP contribution >= 0.6 is 11.3 Å². The van der Waals surface area contributed by atoms with Gasteiger partial charge in [0.15, 0.2) is 4.83 Å². The molecule has 0 saturated carbocycles. The average molecular weight is 397 g/mol. The van der Waals surface area contributed by atoms with Crippen LogP contribution in [0.15, 0.2) is 29.1 Å². The molecule has 0 fully saturated rings. The molecule has 1 amide bonds. The molecule has 2 unspecified atom stereocenters. The summed E-state index contributed by atoms with van der Waals surface area (Å²) in [7, 11) is 0. The van der Waals surface area contributed by atoms with Gasteiger partial charge in [0, 0.05) is 10.6 Å². The van der Waals surface area contributed by atoms with Crippen LogP contribution < -0.4 is 10.9 Å². The number of hydrogen-bond donors (Lipinski definition) is 1. The Hall–Kier alpha value is -2.54. The van der Waals surface area contributed by atoms with Gasteiger partial charge in [-0.15, -0.1) is 16.4 Å². The van der Waals surface area contributed by atoms with E-state index >= 15 is 0 Å². The number of benzene rings is 1. The van der Waals surface area contributed by atoms with E-state index in [1.165, 1.54) is 15.1 Å². The van der Waals surface area contributed by atoms with Gasteiger partial charge in [-0.1, -0.05) is 31.2 Å². The van der Waals surface area contributed by atoms with Crippen LogP contribution in [-0.2, 0) is 24.1 Å². The lowest BCUT2D eigenvalue weighted by atomic mass is 9.89. The van der Waals surface area contributed by atoms with Crippen molar-refractivity contribution in [3.8, 4) is 0 Å². The molecule has 2 aromatic heterocycles. The molecule has 2 heterocycles. The molecule has 0 saturated heterocycles. The van der Waals surface area contributed by atoms with E-state index in [1.807, 2.05) is 24.3 Å². The fraction of sp³-hybridized carbons (Fsp3) is 0.429. The van der Waals surface area contributed by atoms with Crippen molar-refractivity contribution in [1.29, 1.82) is 0 Å². The molecule has 1 aliphatic carbocycles. The summed E-state index contributed by atoms with van der Waals surface area (Å²) in [6, 6.07) is 6.97. The van der Waals surface area contributed by atoms with Gasteiger partial charge in [0.1, 0.15) is 6.04 Å². The third-order valence-corrected chi connectivity index (χ3v) is 6.66. The smallest absolute Gasteiger partial charge is 0.279 e. The van der Waals surface area contributed by atoms with Gasteiger partial charge in [-0.2, -0.15) is 4.68 Å². The highest BCUT2D eigenvalue weighted by Gasteiger charge is 2.26. The molecule has 0 bridgehead atoms. The lowest BCUT2D eigenvalue weighted by Gasteiger charge is -2.17. The summed E-state index contributed by atoms with van der Waals surface area (Å²) in [5.74, 6) is 0.345. The minimum absolute atomic E-state index is 0.221. The second-order valence-corrected chi connectivity index (χ2v) is 8.67. The van der Waals surface area contributed by atoms with Gasteiger partial charge < -0.3 is 5.32 Å². The Morgan fingerprint density at radius 3 is 2.82 bits per heavy atom. The first-order chi connectivity index (χ1) is 13.5. The van der Waals surface area contributed by atoms with Gasteiger partial charge in [0.2, 0.25) is 5.91 Å². The number of carbonyl (C=O) groups is 1. The molecule has 0 radical (unpaired) electrons. The predicted octanol–water partition coefficient (Wildman–Crippen LogP) is 3.74. The summed E-state index contributed by atoms with van der Waals surface area (Å²) >= 11 is 1.57. The summed E-state index contributed by atoms with van der Waals surface area (Å²) in [5, 5.41) is 11.8. The Morgan fingerprint density at radius 1 is 1.36 bits per heavy atom. The number of amides is 1. The van der Waals surface area contributed by atoms with Crippen LogP contribution in [0.25, 0.3) is 10.2 Å². The molecule has 2 atom stereocenters. The van der Waals surface area contributed by atoms with Crippen LogP contribution in [0.1, 0.15) is 49.2 Å². The number of rotatable bonds is 4. The van der Waals surface area contributed by atoms with Gasteiger partial charge in [-0.25, -0.2) is 0 Å². The van der Waals surface area contributed by atoms with Gasteiger partial charge in [0.25, 0.3) is 5.56 Å². The van der Waals surface area contributed by atoms with Crippen molar-refractivity contribution < 1.29 is 4.79 Å². The zero-order valence-corrected chi connectivity index (χ0v) is 17.2. The molecule has 1 N–H and O–H groups in total. The van der Waals surface area contributed by atoms with E-state index in [-0.39, 0.29) is 11.5 Å². The summed E-state index contributed by atoms with van der Waals surface area (Å²) < 4.78 is 1.21. The number of aromatic nitrogens is 3. The molecule has 1 aromatic carbocycles. The number of aryl methyl sites for hydroxylation is 2. The highest BCUT2D eigenvalue weighted by Crippen LogP contribution is 2.35. The maximum Gasteiger partial charge on any atom is 0.279 e. The van der Waals surface area contributed by atoms with Crippen molar-refractivity contribution in [1.82, 2.24) is 15.0 Å². The van der Waals surface area contributed by atoms with E-state index in [1.54, 1.807) is 18.3 Å². The number of hydrogen-bond acceptors (Lipinski definition) is 5. The van der Waals surface area contributed by atoms with E-state index in [9.17, 15) is 9.59 Å². The molecule has 4 rings (SSSR count). The molecule has 3 aromatic rings. The van der Waals surface area contributed by atoms with Crippen LogP contribution in [0, 0.1) is 5.92 Å². The Morgan fingerprint density at radius 2 is 2.11 bits per heavy atom. The van der Waals surface area contributed by atoms with Crippen molar-refractivity contribution in [2.24, 2.45) is 5.92 Å². The maximum atomic E-state index is 13.1. The van der Waals surface area contributed by atoms with Gasteiger partial charge in [-0.3, -0.25) is 9.59 Å². The van der Waals surface area contributed by atoms with Crippen LogP contribution in [-0.4, -0.2) is 20.9 Å². The first-order valence-electron chi connectivity index (χ1n) is 9.77. The molecule has 146 valence electrons. The third-order valence-electron chi connectivity index (χ3n) is 5.52. The predicted molar refractivity (Wildman–Crippen MR) is 112 cm³/mol. The Kier molecular flexibility index (Phi) is 5.02. The number of thiophene rings is 1. The summed E-state index contributed by atoms with van der Waals surface area (Å²) in [5.41, 5.74) is 2.80. The molecular formula is C21H24N4O2S. The van der Waals surface area contributed by atoms with Gasteiger partial charge in [0.05, 0.1) is 5.39 Å². The number of nitrogens with one attached hydrogen (secondary N) is 1. The van der Waals surface area contributed by atoms with E-state index in [0.717, 1.165) is 31.2 Å². The molecule has 28 heavy (non-hydrogen) atoms. The van der Waals surface area contributed by atoms with Crippen LogP contribution in [0.5, 0.6) is 0 Å². The van der Waals surface area contributed by atoms with E-state index in [2.05, 4.69) is 29.5 Å². The van der Waals surface area contributed by atoms with Gasteiger partial charge in [-0.05, 0) is 61.8 Å². The summed E-state index contributed by atoms with van der Waals surface area (Å²) in [4.78, 5) is 27.7. The zero-order chi connectivity index (χ0) is 19.8. The molecule has 7 heteroatoms. The Bertz CT molecular complexity index is 1080. The average Bonchev–Trinajstić information content (AvgIpc) is 3.06. The fourth-order valence-electron chi connectivity index (χ4n) is 3.71. The van der Waals surface area contributed by atoms with Crippen molar-refractivity contribution >= 4 is 33.1 Å². The largest absolute Gasteiger partial charge is 0.324 e. The van der Waals surface area contributed by atoms with Crippen LogP contribution in [0.2, 0.25) is 0 Å². The van der Waals surface area contributed by atoms with Crippen molar-refractivity contribution in [2.45, 2.75) is 52.5 Å². The minimum atomic E-state index is -0.742. The van der Waals surface area contributed by atoms with Crippen LogP contribution in [0.3, 0.4) is 0 Å². The molecular weight excluding hydrogens is 372 g/mol. The normalized spacial score (nSPS) is 17.3. The van der Waals surface area contributed by atoms with Crippen LogP contribution in [0.4, 0.5) is 5.69 Å². The number of fused-ring (bicyclic) bond motifs is 3. The number of anilines is 1. The number of nitrogens with zero attached hydrogens (tertiary/aromatic N) is 3. The van der Waals surface area contributed by atoms with Gasteiger partial charge >= 0.3 is 0 Å². The Balaban J connectivity index is 1.63. The first kappa shape index (κ1) is 18.8. The minimum Gasteiger partial charge on any atom is -0.324 e. The van der Waals surface area contributed by atoms with Crippen molar-refractivity contribution in [3.05, 3.63) is 50.6 Å². The van der Waals surface area contributed by atoms with E-state index in [0.29, 0.717) is 21.8 Å². The third kappa shape index (κ3) is 3.35. The molecule has 6 nitrogen and oxygen atoms in total. The maximum absolute atomic E-state index is 13.1. The lowest BCUT2D eigenvalue weighted by molar-refractivity contribution is -0.119. The zero-order valence-electron chi connectivity index (χ0n) is 16.4. The number of carbonyl (C=O) groups excluding carboxylic acids is 1. The molecule has 0 aliphatic heterocycles. The SMILES string of the molecule is CCc1ccc(NC(=O)C(C)n2nnc3sc4c(c3c2=O)CCC(C)C4)cc1. The quantitative estimate of drug-likeness (QED) is 0.729. The van der Waals surface area contributed by atoms with E-state index < -0.39 is 6.04 Å².